The molecule has 0 N–H and O–H groups in total. The van der Waals surface area contributed by atoms with E-state index in [4.69, 9.17) is 0 Å². The van der Waals surface area contributed by atoms with Gasteiger partial charge >= 0.3 is 0 Å². The first-order chi connectivity index (χ1) is 14.8. The molecule has 1 amide bonds. The Balaban J connectivity index is 1.43. The van der Waals surface area contributed by atoms with E-state index in [9.17, 15) is 17.6 Å². The zero-order valence-electron chi connectivity index (χ0n) is 17.2. The van der Waals surface area contributed by atoms with Gasteiger partial charge < -0.3 is 4.90 Å². The van der Waals surface area contributed by atoms with Crippen LogP contribution in [0.5, 0.6) is 0 Å². The second kappa shape index (κ2) is 8.49. The van der Waals surface area contributed by atoms with Crippen molar-refractivity contribution in [2.45, 2.75) is 18.7 Å². The monoisotopic (exact) mass is 459 g/mol. The molecular weight excluding hydrogens is 437 g/mol. The number of amides is 1. The molecule has 6 nitrogen and oxygen atoms in total. The van der Waals surface area contributed by atoms with E-state index in [1.807, 2.05) is 19.9 Å². The first-order valence-corrected chi connectivity index (χ1v) is 12.2. The zero-order chi connectivity index (χ0) is 22.2. The zero-order valence-corrected chi connectivity index (χ0v) is 18.8. The van der Waals surface area contributed by atoms with Gasteiger partial charge in [-0.3, -0.25) is 4.79 Å². The van der Waals surface area contributed by atoms with Crippen LogP contribution in [0.4, 0.5) is 4.39 Å². The molecule has 0 bridgehead atoms. The number of nitrogens with zero attached hydrogens (tertiary/aromatic N) is 3. The topological polar surface area (TPSA) is 70.6 Å². The molecule has 0 unspecified atom stereocenters. The third kappa shape index (κ3) is 4.39. The fraction of sp³-hybridized carbons (Fsp3) is 0.273. The summed E-state index contributed by atoms with van der Waals surface area (Å²) in [6.07, 6.45) is 0. The van der Waals surface area contributed by atoms with Crippen LogP contribution < -0.4 is 0 Å². The summed E-state index contributed by atoms with van der Waals surface area (Å²) in [7, 11) is -3.60. The summed E-state index contributed by atoms with van der Waals surface area (Å²) < 4.78 is 40.5. The highest BCUT2D eigenvalue weighted by Gasteiger charge is 2.31. The van der Waals surface area contributed by atoms with Crippen LogP contribution in [0.1, 0.15) is 21.6 Å². The Morgan fingerprint density at radius 2 is 1.68 bits per heavy atom. The molecule has 0 aliphatic carbocycles. The fourth-order valence-corrected chi connectivity index (χ4v) is 5.72. The van der Waals surface area contributed by atoms with E-state index in [0.29, 0.717) is 23.8 Å². The van der Waals surface area contributed by atoms with Gasteiger partial charge in [-0.05, 0) is 61.4 Å². The van der Waals surface area contributed by atoms with Crippen LogP contribution in [0.15, 0.2) is 52.7 Å². The van der Waals surface area contributed by atoms with E-state index in [2.05, 4.69) is 4.98 Å². The minimum absolute atomic E-state index is 0.229. The highest BCUT2D eigenvalue weighted by Crippen LogP contribution is 2.25. The number of piperazine rings is 1. The molecule has 0 saturated carbocycles. The first kappa shape index (κ1) is 21.6. The van der Waals surface area contributed by atoms with Gasteiger partial charge in [-0.25, -0.2) is 17.8 Å². The lowest BCUT2D eigenvalue weighted by molar-refractivity contribution is 0.0693. The number of rotatable bonds is 4. The lowest BCUT2D eigenvalue weighted by Gasteiger charge is -2.33. The molecule has 1 aliphatic rings. The number of sulfonamides is 1. The summed E-state index contributed by atoms with van der Waals surface area (Å²) in [5, 5.41) is 2.32. The van der Waals surface area contributed by atoms with E-state index in [1.54, 1.807) is 34.5 Å². The summed E-state index contributed by atoms with van der Waals surface area (Å²) in [6, 6.07) is 11.1. The van der Waals surface area contributed by atoms with Crippen LogP contribution in [-0.4, -0.2) is 54.7 Å². The molecule has 1 aromatic heterocycles. The van der Waals surface area contributed by atoms with Gasteiger partial charge in [-0.2, -0.15) is 4.31 Å². The van der Waals surface area contributed by atoms with Gasteiger partial charge in [0.25, 0.3) is 5.91 Å². The van der Waals surface area contributed by atoms with Crippen molar-refractivity contribution in [3.63, 3.8) is 0 Å². The Hall–Kier alpha value is -2.62. The van der Waals surface area contributed by atoms with Gasteiger partial charge in [0.2, 0.25) is 10.0 Å². The Labute approximate surface area is 185 Å². The molecule has 3 aromatic rings. The molecule has 0 spiro atoms. The maximum atomic E-state index is 13.1. The number of benzene rings is 2. The molecule has 1 fully saturated rings. The standard InChI is InChI=1S/C22H22FN3O3S2/c1-15-3-8-19(13-16(15)2)31(28,29)26-11-9-25(10-12-26)22(27)20-14-30-21(24-20)17-4-6-18(23)7-5-17/h3-8,13-14H,9-12H2,1-2H3. The molecule has 31 heavy (non-hydrogen) atoms. The molecule has 162 valence electrons. The average molecular weight is 460 g/mol. The minimum Gasteiger partial charge on any atom is -0.335 e. The average Bonchev–Trinajstić information content (AvgIpc) is 3.26. The van der Waals surface area contributed by atoms with Crippen LogP contribution >= 0.6 is 11.3 Å². The Kier molecular flexibility index (Phi) is 5.92. The van der Waals surface area contributed by atoms with Crippen molar-refractivity contribution in [1.82, 2.24) is 14.2 Å². The molecule has 0 radical (unpaired) electrons. The van der Waals surface area contributed by atoms with E-state index >= 15 is 0 Å². The number of carbonyl (C=O) groups excluding carboxylic acids is 1. The van der Waals surface area contributed by atoms with Crippen molar-refractivity contribution in [3.8, 4) is 10.6 Å². The van der Waals surface area contributed by atoms with Crippen LogP contribution in [0.3, 0.4) is 0 Å². The predicted molar refractivity (Wildman–Crippen MR) is 118 cm³/mol. The third-order valence-corrected chi connectivity index (χ3v) is 8.24. The van der Waals surface area contributed by atoms with Gasteiger partial charge in [-0.1, -0.05) is 6.07 Å². The summed E-state index contributed by atoms with van der Waals surface area (Å²) in [5.41, 5.74) is 3.03. The van der Waals surface area contributed by atoms with Crippen LogP contribution in [-0.2, 0) is 10.0 Å². The van der Waals surface area contributed by atoms with E-state index in [-0.39, 0.29) is 29.7 Å². The van der Waals surface area contributed by atoms with Crippen molar-refractivity contribution in [3.05, 3.63) is 70.5 Å². The van der Waals surface area contributed by atoms with E-state index in [1.165, 1.54) is 27.8 Å². The normalized spacial score (nSPS) is 15.3. The summed E-state index contributed by atoms with van der Waals surface area (Å²) in [4.78, 5) is 19.1. The molecule has 1 saturated heterocycles. The maximum absolute atomic E-state index is 13.1. The lowest BCUT2D eigenvalue weighted by Crippen LogP contribution is -2.50. The van der Waals surface area contributed by atoms with Crippen molar-refractivity contribution in [1.29, 1.82) is 0 Å². The number of hydrogen-bond acceptors (Lipinski definition) is 5. The largest absolute Gasteiger partial charge is 0.335 e. The van der Waals surface area contributed by atoms with Crippen LogP contribution in [0, 0.1) is 19.7 Å². The summed E-state index contributed by atoms with van der Waals surface area (Å²) >= 11 is 1.32. The number of aryl methyl sites for hydroxylation is 2. The molecule has 2 heterocycles. The highest BCUT2D eigenvalue weighted by atomic mass is 32.2. The second-order valence-electron chi connectivity index (χ2n) is 7.49. The van der Waals surface area contributed by atoms with Crippen molar-refractivity contribution in [2.24, 2.45) is 0 Å². The summed E-state index contributed by atoms with van der Waals surface area (Å²) in [5.74, 6) is -0.557. The number of halogens is 1. The Morgan fingerprint density at radius 1 is 1.00 bits per heavy atom. The van der Waals surface area contributed by atoms with Crippen molar-refractivity contribution < 1.29 is 17.6 Å². The second-order valence-corrected chi connectivity index (χ2v) is 10.3. The van der Waals surface area contributed by atoms with Gasteiger partial charge in [0.05, 0.1) is 4.90 Å². The van der Waals surface area contributed by atoms with Crippen molar-refractivity contribution >= 4 is 27.3 Å². The predicted octanol–water partition coefficient (Wildman–Crippen LogP) is 3.71. The number of carbonyl (C=O) groups is 1. The summed E-state index contributed by atoms with van der Waals surface area (Å²) in [6.45, 7) is 4.89. The quantitative estimate of drug-likeness (QED) is 0.596. The molecule has 9 heteroatoms. The van der Waals surface area contributed by atoms with Gasteiger partial charge in [-0.15, -0.1) is 11.3 Å². The molecule has 1 aliphatic heterocycles. The van der Waals surface area contributed by atoms with E-state index in [0.717, 1.165) is 16.7 Å². The Bertz CT molecular complexity index is 1220. The first-order valence-electron chi connectivity index (χ1n) is 9.84. The maximum Gasteiger partial charge on any atom is 0.273 e. The fourth-order valence-electron chi connectivity index (χ4n) is 3.41. The minimum atomic E-state index is -3.60. The van der Waals surface area contributed by atoms with Crippen LogP contribution in [0.25, 0.3) is 10.6 Å². The van der Waals surface area contributed by atoms with Gasteiger partial charge in [0, 0.05) is 37.1 Å². The third-order valence-electron chi connectivity index (χ3n) is 5.46. The smallest absolute Gasteiger partial charge is 0.273 e. The SMILES string of the molecule is Cc1ccc(S(=O)(=O)N2CCN(C(=O)c3csc(-c4ccc(F)cc4)n3)CC2)cc1C. The molecule has 4 rings (SSSR count). The lowest BCUT2D eigenvalue weighted by atomic mass is 10.1. The number of thiazole rings is 1. The Morgan fingerprint density at radius 3 is 2.32 bits per heavy atom. The van der Waals surface area contributed by atoms with Gasteiger partial charge in [0.1, 0.15) is 16.5 Å². The van der Waals surface area contributed by atoms with Gasteiger partial charge in [0.15, 0.2) is 0 Å². The molecule has 2 aromatic carbocycles. The molecular formula is C22H22FN3O3S2. The van der Waals surface area contributed by atoms with Crippen molar-refractivity contribution in [2.75, 3.05) is 26.2 Å². The number of aromatic nitrogens is 1. The van der Waals surface area contributed by atoms with Crippen LogP contribution in [0.2, 0.25) is 0 Å². The molecule has 0 atom stereocenters. The number of hydrogen-bond donors (Lipinski definition) is 0. The highest BCUT2D eigenvalue weighted by molar-refractivity contribution is 7.89. The van der Waals surface area contributed by atoms with E-state index < -0.39 is 10.0 Å².